The van der Waals surface area contributed by atoms with E-state index in [0.29, 0.717) is 5.75 Å². The Labute approximate surface area is 190 Å². The van der Waals surface area contributed by atoms with E-state index >= 15 is 0 Å². The predicted octanol–water partition coefficient (Wildman–Crippen LogP) is 6.32. The maximum absolute atomic E-state index is 12.3. The molecule has 4 nitrogen and oxygen atoms in total. The first-order chi connectivity index (χ1) is 15.1. The number of carboxylic acids is 1. The van der Waals surface area contributed by atoms with E-state index in [1.807, 2.05) is 48.6 Å². The highest BCUT2D eigenvalue weighted by atomic mass is 32.2. The summed E-state index contributed by atoms with van der Waals surface area (Å²) in [5, 5.41) is 12.2. The van der Waals surface area contributed by atoms with Gasteiger partial charge in [0.2, 0.25) is 5.91 Å². The van der Waals surface area contributed by atoms with Gasteiger partial charge in [-0.15, -0.1) is 11.8 Å². The van der Waals surface area contributed by atoms with Crippen LogP contribution in [0.2, 0.25) is 0 Å². The lowest BCUT2D eigenvalue weighted by atomic mass is 10.1. The van der Waals surface area contributed by atoms with Crippen LogP contribution in [0.1, 0.15) is 51.9 Å². The third kappa shape index (κ3) is 9.88. The van der Waals surface area contributed by atoms with Gasteiger partial charge >= 0.3 is 5.97 Å². The zero-order valence-electron chi connectivity index (χ0n) is 18.3. The summed E-state index contributed by atoms with van der Waals surface area (Å²) >= 11 is 1.58. The lowest BCUT2D eigenvalue weighted by molar-refractivity contribution is -0.137. The van der Waals surface area contributed by atoms with Crippen molar-refractivity contribution in [2.75, 3.05) is 5.75 Å². The van der Waals surface area contributed by atoms with E-state index in [9.17, 15) is 14.7 Å². The fourth-order valence-corrected chi connectivity index (χ4v) is 4.38. The van der Waals surface area contributed by atoms with Gasteiger partial charge in [0.1, 0.15) is 0 Å². The van der Waals surface area contributed by atoms with Crippen LogP contribution in [0.5, 0.6) is 0 Å². The Balaban J connectivity index is 1.90. The number of benzene rings is 2. The number of allylic oxidation sites excluding steroid dienone is 1. The summed E-state index contributed by atoms with van der Waals surface area (Å²) in [5.41, 5.74) is 2.23. The van der Waals surface area contributed by atoms with Gasteiger partial charge in [0, 0.05) is 23.1 Å². The van der Waals surface area contributed by atoms with E-state index < -0.39 is 12.0 Å². The van der Waals surface area contributed by atoms with Crippen molar-refractivity contribution < 1.29 is 14.7 Å². The van der Waals surface area contributed by atoms with Gasteiger partial charge in [0.15, 0.2) is 0 Å². The molecule has 0 aromatic heterocycles. The molecule has 2 aromatic rings. The average Bonchev–Trinajstić information content (AvgIpc) is 2.77. The number of carbonyl (C=O) groups excluding carboxylic acids is 1. The summed E-state index contributed by atoms with van der Waals surface area (Å²) in [6.45, 7) is 2.19. The van der Waals surface area contributed by atoms with Crippen molar-refractivity contribution >= 4 is 23.6 Å². The second-order valence-electron chi connectivity index (χ2n) is 7.56. The Morgan fingerprint density at radius 2 is 1.74 bits per heavy atom. The van der Waals surface area contributed by atoms with Gasteiger partial charge in [-0.3, -0.25) is 9.59 Å². The highest BCUT2D eigenvalue weighted by Gasteiger charge is 2.17. The maximum atomic E-state index is 12.3. The minimum absolute atomic E-state index is 0.0903. The van der Waals surface area contributed by atoms with E-state index in [0.717, 1.165) is 28.9 Å². The minimum Gasteiger partial charge on any atom is -0.481 e. The van der Waals surface area contributed by atoms with Crippen molar-refractivity contribution in [3.05, 3.63) is 66.7 Å². The topological polar surface area (TPSA) is 66.4 Å². The van der Waals surface area contributed by atoms with Crippen LogP contribution in [0.4, 0.5) is 0 Å². The van der Waals surface area contributed by atoms with Crippen molar-refractivity contribution in [3.8, 4) is 11.1 Å². The third-order valence-electron chi connectivity index (χ3n) is 4.89. The molecule has 0 heterocycles. The van der Waals surface area contributed by atoms with Crippen molar-refractivity contribution in [2.24, 2.45) is 0 Å². The number of thioether (sulfide) groups is 1. The summed E-state index contributed by atoms with van der Waals surface area (Å²) in [7, 11) is 0. The van der Waals surface area contributed by atoms with Gasteiger partial charge in [0.25, 0.3) is 0 Å². The lowest BCUT2D eigenvalue weighted by Crippen LogP contribution is -2.38. The van der Waals surface area contributed by atoms with Gasteiger partial charge < -0.3 is 10.4 Å². The molecule has 0 radical (unpaired) electrons. The Bertz CT molecular complexity index is 836. The zero-order chi connectivity index (χ0) is 22.3. The molecule has 0 unspecified atom stereocenters. The third-order valence-corrected chi connectivity index (χ3v) is 6.13. The van der Waals surface area contributed by atoms with Crippen LogP contribution in [0, 0.1) is 0 Å². The molecule has 1 amide bonds. The molecular formula is C26H33NO3S. The van der Waals surface area contributed by atoms with Crippen LogP contribution in [-0.4, -0.2) is 28.8 Å². The standard InChI is InChI=1S/C26H33NO3S/c1-2-3-4-5-6-7-11-18-25(28)27-22(19-26(29)30)20-31-24-17-13-12-16-23(24)21-14-9-8-10-15-21/h7-17,22H,2-6,18-20H2,1H3,(H,27,28)(H,29,30)/b11-7+/t22-/m0/s1. The quantitative estimate of drug-likeness (QED) is 0.205. The van der Waals surface area contributed by atoms with Crippen LogP contribution in [0.15, 0.2) is 71.6 Å². The summed E-state index contributed by atoms with van der Waals surface area (Å²) in [4.78, 5) is 24.7. The molecule has 0 saturated carbocycles. The van der Waals surface area contributed by atoms with Crippen molar-refractivity contribution in [1.82, 2.24) is 5.32 Å². The summed E-state index contributed by atoms with van der Waals surface area (Å²) < 4.78 is 0. The molecule has 0 aliphatic carbocycles. The van der Waals surface area contributed by atoms with Gasteiger partial charge in [0.05, 0.1) is 6.42 Å². The Hall–Kier alpha value is -2.53. The minimum atomic E-state index is -0.909. The number of carbonyl (C=O) groups is 2. The molecule has 31 heavy (non-hydrogen) atoms. The molecular weight excluding hydrogens is 406 g/mol. The van der Waals surface area contributed by atoms with Crippen LogP contribution in [0.3, 0.4) is 0 Å². The molecule has 0 fully saturated rings. The molecule has 2 rings (SSSR count). The Morgan fingerprint density at radius 1 is 1.00 bits per heavy atom. The first-order valence-corrected chi connectivity index (χ1v) is 12.0. The number of rotatable bonds is 14. The molecule has 1 atom stereocenters. The SMILES string of the molecule is CCCCCC/C=C/CC(=O)N[C@H](CSc1ccccc1-c1ccccc1)CC(=O)O. The van der Waals surface area contributed by atoms with E-state index in [1.54, 1.807) is 11.8 Å². The fraction of sp³-hybridized carbons (Fsp3) is 0.385. The van der Waals surface area contributed by atoms with Gasteiger partial charge in [-0.05, 0) is 30.0 Å². The van der Waals surface area contributed by atoms with Crippen molar-refractivity contribution in [3.63, 3.8) is 0 Å². The van der Waals surface area contributed by atoms with Crippen LogP contribution in [0.25, 0.3) is 11.1 Å². The summed E-state index contributed by atoms with van der Waals surface area (Å²) in [6.07, 6.45) is 9.94. The van der Waals surface area contributed by atoms with Gasteiger partial charge in [-0.25, -0.2) is 0 Å². The second-order valence-corrected chi connectivity index (χ2v) is 8.62. The normalized spacial score (nSPS) is 12.0. The zero-order valence-corrected chi connectivity index (χ0v) is 19.1. The fourth-order valence-electron chi connectivity index (χ4n) is 3.29. The van der Waals surface area contributed by atoms with Crippen molar-refractivity contribution in [1.29, 1.82) is 0 Å². The number of amides is 1. The van der Waals surface area contributed by atoms with Gasteiger partial charge in [-0.2, -0.15) is 0 Å². The summed E-state index contributed by atoms with van der Waals surface area (Å²) in [6, 6.07) is 17.8. The number of carboxylic acid groups (broad SMARTS) is 1. The highest BCUT2D eigenvalue weighted by molar-refractivity contribution is 7.99. The van der Waals surface area contributed by atoms with Gasteiger partial charge in [-0.1, -0.05) is 86.9 Å². The average molecular weight is 440 g/mol. The molecule has 0 aliphatic heterocycles. The highest BCUT2D eigenvalue weighted by Crippen LogP contribution is 2.31. The van der Waals surface area contributed by atoms with Crippen molar-refractivity contribution in [2.45, 2.75) is 62.8 Å². The predicted molar refractivity (Wildman–Crippen MR) is 129 cm³/mol. The first-order valence-electron chi connectivity index (χ1n) is 11.0. The summed E-state index contributed by atoms with van der Waals surface area (Å²) in [5.74, 6) is -0.537. The maximum Gasteiger partial charge on any atom is 0.305 e. The van der Waals surface area contributed by atoms with Crippen LogP contribution < -0.4 is 5.32 Å². The molecule has 166 valence electrons. The van der Waals surface area contributed by atoms with E-state index in [-0.39, 0.29) is 18.7 Å². The Morgan fingerprint density at radius 3 is 2.48 bits per heavy atom. The van der Waals surface area contributed by atoms with E-state index in [1.165, 1.54) is 19.3 Å². The molecule has 2 N–H and O–H groups in total. The second kappa shape index (κ2) is 14.5. The number of hydrogen-bond acceptors (Lipinski definition) is 3. The molecule has 0 spiro atoms. The molecule has 0 saturated heterocycles. The van der Waals surface area contributed by atoms with Crippen LogP contribution >= 0.6 is 11.8 Å². The van der Waals surface area contributed by atoms with E-state index in [2.05, 4.69) is 30.4 Å². The monoisotopic (exact) mass is 439 g/mol. The van der Waals surface area contributed by atoms with Crippen LogP contribution in [-0.2, 0) is 9.59 Å². The number of nitrogens with one attached hydrogen (secondary N) is 1. The Kier molecular flexibility index (Phi) is 11.5. The van der Waals surface area contributed by atoms with E-state index in [4.69, 9.17) is 0 Å². The number of unbranched alkanes of at least 4 members (excludes halogenated alkanes) is 4. The first kappa shape index (κ1) is 24.7. The molecule has 5 heteroatoms. The number of hydrogen-bond donors (Lipinski definition) is 2. The smallest absolute Gasteiger partial charge is 0.305 e. The lowest BCUT2D eigenvalue weighted by Gasteiger charge is -2.17. The molecule has 0 aliphatic rings. The largest absolute Gasteiger partial charge is 0.481 e. The molecule has 0 bridgehead atoms. The number of aliphatic carboxylic acids is 1. The molecule has 2 aromatic carbocycles.